The molecule has 2 aromatic rings. The van der Waals surface area contributed by atoms with E-state index in [0.717, 1.165) is 12.8 Å². The first-order valence-corrected chi connectivity index (χ1v) is 8.10. The fourth-order valence-electron chi connectivity index (χ4n) is 2.69. The molecule has 1 aliphatic rings. The lowest BCUT2D eigenvalue weighted by Gasteiger charge is -2.38. The monoisotopic (exact) mass is 321 g/mol. The number of benzene rings is 1. The van der Waals surface area contributed by atoms with Gasteiger partial charge in [0.1, 0.15) is 17.7 Å². The summed E-state index contributed by atoms with van der Waals surface area (Å²) in [7, 11) is 0. The van der Waals surface area contributed by atoms with Crippen molar-refractivity contribution in [2.24, 2.45) is 0 Å². The predicted molar refractivity (Wildman–Crippen MR) is 89.3 cm³/mol. The number of pyridine rings is 1. The Morgan fingerprint density at radius 1 is 1.25 bits per heavy atom. The van der Waals surface area contributed by atoms with E-state index in [1.54, 1.807) is 23.2 Å². The molecule has 1 amide bonds. The molecule has 24 heavy (non-hydrogen) atoms. The molecule has 0 spiro atoms. The quantitative estimate of drug-likeness (QED) is 0.820. The van der Waals surface area contributed by atoms with Gasteiger partial charge in [0.2, 0.25) is 11.8 Å². The van der Waals surface area contributed by atoms with Crippen LogP contribution in [0.1, 0.15) is 24.0 Å². The van der Waals surface area contributed by atoms with Crippen LogP contribution in [0.4, 0.5) is 0 Å². The molecule has 122 valence electrons. The molecule has 0 atom stereocenters. The topological polar surface area (TPSA) is 66.2 Å². The number of ether oxygens (including phenoxy) is 1. The number of hydrogen-bond acceptors (Lipinski definition) is 4. The molecule has 0 bridgehead atoms. The standard InChI is InChI=1S/C19H19N3O2/c20-12-16-9-5-11-21-19(16)24-17-13-22(14-17)18(23)10-4-8-15-6-2-1-3-7-15/h1-3,5-7,9,11,17H,4,8,10,13-14H2. The summed E-state index contributed by atoms with van der Waals surface area (Å²) >= 11 is 0. The maximum atomic E-state index is 12.1. The summed E-state index contributed by atoms with van der Waals surface area (Å²) in [4.78, 5) is 18.0. The van der Waals surface area contributed by atoms with E-state index in [0.29, 0.717) is 31.0 Å². The van der Waals surface area contributed by atoms with Crippen molar-refractivity contribution in [3.63, 3.8) is 0 Å². The zero-order chi connectivity index (χ0) is 16.8. The Labute approximate surface area is 141 Å². The molecule has 1 saturated heterocycles. The Morgan fingerprint density at radius 3 is 2.79 bits per heavy atom. The minimum atomic E-state index is -0.0786. The van der Waals surface area contributed by atoms with Crippen molar-refractivity contribution in [1.82, 2.24) is 9.88 Å². The summed E-state index contributed by atoms with van der Waals surface area (Å²) in [6.07, 6.45) is 3.84. The zero-order valence-electron chi connectivity index (χ0n) is 13.4. The molecular formula is C19H19N3O2. The van der Waals surface area contributed by atoms with Crippen LogP contribution in [0.15, 0.2) is 48.7 Å². The summed E-state index contributed by atoms with van der Waals surface area (Å²) in [6, 6.07) is 15.6. The molecule has 3 rings (SSSR count). The first-order valence-electron chi connectivity index (χ1n) is 8.10. The van der Waals surface area contributed by atoms with Crippen LogP contribution < -0.4 is 4.74 Å². The molecule has 1 aliphatic heterocycles. The number of carbonyl (C=O) groups is 1. The second-order valence-electron chi connectivity index (χ2n) is 5.85. The van der Waals surface area contributed by atoms with Crippen LogP contribution in [-0.4, -0.2) is 35.0 Å². The van der Waals surface area contributed by atoms with Crippen LogP contribution in [0.2, 0.25) is 0 Å². The smallest absolute Gasteiger partial charge is 0.232 e. The number of likely N-dealkylation sites (tertiary alicyclic amines) is 1. The van der Waals surface area contributed by atoms with E-state index in [9.17, 15) is 4.79 Å². The van der Waals surface area contributed by atoms with Crippen molar-refractivity contribution in [3.8, 4) is 11.9 Å². The van der Waals surface area contributed by atoms with Gasteiger partial charge in [-0.05, 0) is 30.5 Å². The van der Waals surface area contributed by atoms with Gasteiger partial charge in [0.05, 0.1) is 13.1 Å². The van der Waals surface area contributed by atoms with E-state index in [1.807, 2.05) is 18.2 Å². The maximum Gasteiger partial charge on any atom is 0.232 e. The fourth-order valence-corrected chi connectivity index (χ4v) is 2.69. The van der Waals surface area contributed by atoms with Crippen molar-refractivity contribution in [2.75, 3.05) is 13.1 Å². The van der Waals surface area contributed by atoms with Crippen molar-refractivity contribution in [3.05, 3.63) is 59.8 Å². The highest BCUT2D eigenvalue weighted by Gasteiger charge is 2.32. The van der Waals surface area contributed by atoms with Gasteiger partial charge in [0, 0.05) is 12.6 Å². The molecule has 5 nitrogen and oxygen atoms in total. The summed E-state index contributed by atoms with van der Waals surface area (Å²) in [6.45, 7) is 1.12. The lowest BCUT2D eigenvalue weighted by atomic mass is 10.1. The average molecular weight is 321 g/mol. The summed E-state index contributed by atoms with van der Waals surface area (Å²) in [5, 5.41) is 9.02. The first kappa shape index (κ1) is 16.0. The van der Waals surface area contributed by atoms with Crippen molar-refractivity contribution in [1.29, 1.82) is 5.26 Å². The minimum Gasteiger partial charge on any atom is -0.470 e. The highest BCUT2D eigenvalue weighted by Crippen LogP contribution is 2.20. The number of nitriles is 1. The van der Waals surface area contributed by atoms with E-state index in [2.05, 4.69) is 23.2 Å². The number of hydrogen-bond donors (Lipinski definition) is 0. The number of rotatable bonds is 6. The van der Waals surface area contributed by atoms with Gasteiger partial charge in [-0.1, -0.05) is 30.3 Å². The van der Waals surface area contributed by atoms with Gasteiger partial charge in [-0.2, -0.15) is 5.26 Å². The SMILES string of the molecule is N#Cc1cccnc1OC1CN(C(=O)CCCc2ccccc2)C1. The molecule has 0 unspecified atom stereocenters. The second-order valence-corrected chi connectivity index (χ2v) is 5.85. The average Bonchev–Trinajstić information content (AvgIpc) is 2.59. The molecular weight excluding hydrogens is 302 g/mol. The Bertz CT molecular complexity index is 734. The molecule has 0 saturated carbocycles. The number of aromatic nitrogens is 1. The molecule has 0 N–H and O–H groups in total. The minimum absolute atomic E-state index is 0.0786. The largest absolute Gasteiger partial charge is 0.470 e. The van der Waals surface area contributed by atoms with Crippen LogP contribution in [0.25, 0.3) is 0 Å². The Hall–Kier alpha value is -2.87. The van der Waals surface area contributed by atoms with Crippen molar-refractivity contribution in [2.45, 2.75) is 25.4 Å². The highest BCUT2D eigenvalue weighted by atomic mass is 16.5. The Kier molecular flexibility index (Phi) is 5.07. The molecule has 2 heterocycles. The first-order chi connectivity index (χ1) is 11.8. The van der Waals surface area contributed by atoms with E-state index < -0.39 is 0 Å². The predicted octanol–water partition coefficient (Wildman–Crippen LogP) is 2.57. The van der Waals surface area contributed by atoms with Crippen LogP contribution in [0.5, 0.6) is 5.88 Å². The van der Waals surface area contributed by atoms with Gasteiger partial charge in [-0.25, -0.2) is 4.98 Å². The normalized spacial score (nSPS) is 13.9. The number of nitrogens with zero attached hydrogens (tertiary/aromatic N) is 3. The lowest BCUT2D eigenvalue weighted by Crippen LogP contribution is -2.56. The van der Waals surface area contributed by atoms with Gasteiger partial charge in [0.15, 0.2) is 0 Å². The summed E-state index contributed by atoms with van der Waals surface area (Å²) in [5.74, 6) is 0.508. The Balaban J connectivity index is 1.40. The molecule has 1 aromatic heterocycles. The molecule has 0 radical (unpaired) electrons. The molecule has 1 fully saturated rings. The number of amides is 1. The van der Waals surface area contributed by atoms with Gasteiger partial charge >= 0.3 is 0 Å². The number of aryl methyl sites for hydroxylation is 1. The van der Waals surface area contributed by atoms with Crippen LogP contribution in [0.3, 0.4) is 0 Å². The summed E-state index contributed by atoms with van der Waals surface area (Å²) in [5.41, 5.74) is 1.68. The maximum absolute atomic E-state index is 12.1. The molecule has 1 aromatic carbocycles. The van der Waals surface area contributed by atoms with Crippen molar-refractivity contribution >= 4 is 5.91 Å². The van der Waals surface area contributed by atoms with Gasteiger partial charge in [0.25, 0.3) is 0 Å². The van der Waals surface area contributed by atoms with Gasteiger partial charge in [-0.15, -0.1) is 0 Å². The third-order valence-electron chi connectivity index (χ3n) is 4.07. The van der Waals surface area contributed by atoms with Crippen LogP contribution >= 0.6 is 0 Å². The lowest BCUT2D eigenvalue weighted by molar-refractivity contribution is -0.140. The van der Waals surface area contributed by atoms with Crippen molar-refractivity contribution < 1.29 is 9.53 Å². The fraction of sp³-hybridized carbons (Fsp3) is 0.316. The molecule has 5 heteroatoms. The van der Waals surface area contributed by atoms with Crippen LogP contribution in [-0.2, 0) is 11.2 Å². The molecule has 0 aliphatic carbocycles. The zero-order valence-corrected chi connectivity index (χ0v) is 13.4. The van der Waals surface area contributed by atoms with Crippen LogP contribution in [0, 0.1) is 11.3 Å². The van der Waals surface area contributed by atoms with E-state index in [1.165, 1.54) is 5.56 Å². The number of carbonyl (C=O) groups excluding carboxylic acids is 1. The van der Waals surface area contributed by atoms with E-state index >= 15 is 0 Å². The summed E-state index contributed by atoms with van der Waals surface area (Å²) < 4.78 is 5.70. The second kappa shape index (κ2) is 7.60. The highest BCUT2D eigenvalue weighted by molar-refractivity contribution is 5.77. The van der Waals surface area contributed by atoms with E-state index in [-0.39, 0.29) is 12.0 Å². The Morgan fingerprint density at radius 2 is 2.04 bits per heavy atom. The van der Waals surface area contributed by atoms with Gasteiger partial charge < -0.3 is 9.64 Å². The van der Waals surface area contributed by atoms with Gasteiger partial charge in [-0.3, -0.25) is 4.79 Å². The van der Waals surface area contributed by atoms with E-state index in [4.69, 9.17) is 10.00 Å². The third-order valence-corrected chi connectivity index (χ3v) is 4.07. The third kappa shape index (κ3) is 3.90.